The normalized spacial score (nSPS) is 10.3. The largest absolute Gasteiger partial charge is 0.482 e. The fourth-order valence-electron chi connectivity index (χ4n) is 1.86. The SMILES string of the molecule is Cc1cc([N+](=O)[O-])c(Cl)cc1NC(=O)COc1ccc(Cl)cc1Cl. The van der Waals surface area contributed by atoms with Crippen LogP contribution in [0.4, 0.5) is 11.4 Å². The molecule has 0 saturated carbocycles. The third-order valence-electron chi connectivity index (χ3n) is 3.02. The molecule has 0 spiro atoms. The first-order chi connectivity index (χ1) is 11.3. The molecule has 0 aromatic heterocycles. The molecule has 2 rings (SSSR count). The van der Waals surface area contributed by atoms with Crippen LogP contribution < -0.4 is 10.1 Å². The van der Waals surface area contributed by atoms with Gasteiger partial charge >= 0.3 is 0 Å². The topological polar surface area (TPSA) is 81.5 Å². The van der Waals surface area contributed by atoms with Gasteiger partial charge in [-0.05, 0) is 36.8 Å². The molecule has 6 nitrogen and oxygen atoms in total. The number of halogens is 3. The van der Waals surface area contributed by atoms with Crippen LogP contribution >= 0.6 is 34.8 Å². The van der Waals surface area contributed by atoms with Gasteiger partial charge in [0.1, 0.15) is 10.8 Å². The van der Waals surface area contributed by atoms with Gasteiger partial charge < -0.3 is 10.1 Å². The second-order valence-electron chi connectivity index (χ2n) is 4.79. The number of hydrogen-bond donors (Lipinski definition) is 1. The first kappa shape index (κ1) is 18.3. The number of nitro benzene ring substituents is 1. The summed E-state index contributed by atoms with van der Waals surface area (Å²) >= 11 is 17.6. The van der Waals surface area contributed by atoms with Gasteiger partial charge in [0, 0.05) is 16.8 Å². The Balaban J connectivity index is 2.05. The van der Waals surface area contributed by atoms with E-state index in [1.54, 1.807) is 19.1 Å². The van der Waals surface area contributed by atoms with Gasteiger partial charge in [0.15, 0.2) is 6.61 Å². The Kier molecular flexibility index (Phi) is 5.88. The average Bonchev–Trinajstić information content (AvgIpc) is 2.49. The summed E-state index contributed by atoms with van der Waals surface area (Å²) in [6, 6.07) is 7.24. The molecule has 24 heavy (non-hydrogen) atoms. The molecule has 0 bridgehead atoms. The summed E-state index contributed by atoms with van der Waals surface area (Å²) in [5, 5.41) is 14.1. The maximum Gasteiger partial charge on any atom is 0.288 e. The maximum atomic E-state index is 12.0. The zero-order valence-corrected chi connectivity index (χ0v) is 14.6. The average molecular weight is 390 g/mol. The molecule has 126 valence electrons. The standard InChI is InChI=1S/C15H11Cl3N2O4/c1-8-4-13(20(22)23)10(17)6-12(8)19-15(21)7-24-14-3-2-9(16)5-11(14)18/h2-6H,7H2,1H3,(H,19,21). The van der Waals surface area contributed by atoms with Crippen LogP contribution in [-0.4, -0.2) is 17.4 Å². The number of anilines is 1. The summed E-state index contributed by atoms with van der Waals surface area (Å²) in [4.78, 5) is 22.2. The number of nitro groups is 1. The second kappa shape index (κ2) is 7.70. The molecule has 0 fully saturated rings. The minimum absolute atomic E-state index is 0.0671. The van der Waals surface area contributed by atoms with Crippen molar-refractivity contribution >= 4 is 52.1 Å². The lowest BCUT2D eigenvalue weighted by Gasteiger charge is -2.11. The van der Waals surface area contributed by atoms with Crippen LogP contribution in [0.1, 0.15) is 5.56 Å². The predicted octanol–water partition coefficient (Wildman–Crippen LogP) is 4.88. The number of rotatable bonds is 5. The highest BCUT2D eigenvalue weighted by Gasteiger charge is 2.16. The Hall–Kier alpha value is -2.02. The van der Waals surface area contributed by atoms with Crippen LogP contribution in [0.3, 0.4) is 0 Å². The van der Waals surface area contributed by atoms with Crippen molar-refractivity contribution in [1.29, 1.82) is 0 Å². The Morgan fingerprint density at radius 1 is 1.21 bits per heavy atom. The molecule has 9 heteroatoms. The first-order valence-corrected chi connectivity index (χ1v) is 7.73. The van der Waals surface area contributed by atoms with Gasteiger partial charge in [-0.2, -0.15) is 0 Å². The van der Waals surface area contributed by atoms with Crippen LogP contribution in [0.2, 0.25) is 15.1 Å². The summed E-state index contributed by atoms with van der Waals surface area (Å²) in [6.45, 7) is 1.32. The molecule has 0 unspecified atom stereocenters. The second-order valence-corrected chi connectivity index (χ2v) is 6.04. The van der Waals surface area contributed by atoms with E-state index in [1.165, 1.54) is 18.2 Å². The van der Waals surface area contributed by atoms with Crippen LogP contribution in [0, 0.1) is 17.0 Å². The number of hydrogen-bond acceptors (Lipinski definition) is 4. The van der Waals surface area contributed by atoms with E-state index in [-0.39, 0.29) is 22.3 Å². The first-order valence-electron chi connectivity index (χ1n) is 6.60. The fraction of sp³-hybridized carbons (Fsp3) is 0.133. The number of amides is 1. The van der Waals surface area contributed by atoms with Crippen molar-refractivity contribution in [3.05, 3.63) is 61.1 Å². The van der Waals surface area contributed by atoms with E-state index in [0.717, 1.165) is 0 Å². The third kappa shape index (κ3) is 4.50. The van der Waals surface area contributed by atoms with Crippen molar-refractivity contribution in [1.82, 2.24) is 0 Å². The number of nitrogens with zero attached hydrogens (tertiary/aromatic N) is 1. The summed E-state index contributed by atoms with van der Waals surface area (Å²) in [6.07, 6.45) is 0. The molecular weight excluding hydrogens is 379 g/mol. The Labute approximate surface area is 152 Å². The van der Waals surface area contributed by atoms with Gasteiger partial charge in [-0.1, -0.05) is 34.8 Å². The Morgan fingerprint density at radius 2 is 1.92 bits per heavy atom. The van der Waals surface area contributed by atoms with Crippen molar-refractivity contribution in [2.45, 2.75) is 6.92 Å². The van der Waals surface area contributed by atoms with Gasteiger partial charge in [-0.25, -0.2) is 0 Å². The molecule has 1 amide bonds. The molecule has 0 saturated heterocycles. The van der Waals surface area contributed by atoms with Crippen molar-refractivity contribution in [2.75, 3.05) is 11.9 Å². The van der Waals surface area contributed by atoms with Crippen molar-refractivity contribution in [3.8, 4) is 5.75 Å². The van der Waals surface area contributed by atoms with Gasteiger partial charge in [-0.3, -0.25) is 14.9 Å². The van der Waals surface area contributed by atoms with Gasteiger partial charge in [-0.15, -0.1) is 0 Å². The van der Waals surface area contributed by atoms with Crippen LogP contribution in [0.15, 0.2) is 30.3 Å². The van der Waals surface area contributed by atoms with E-state index < -0.39 is 10.8 Å². The lowest BCUT2D eigenvalue weighted by atomic mass is 10.2. The van der Waals surface area contributed by atoms with E-state index in [2.05, 4.69) is 5.32 Å². The third-order valence-corrected chi connectivity index (χ3v) is 3.85. The Morgan fingerprint density at radius 3 is 2.54 bits per heavy atom. The maximum absolute atomic E-state index is 12.0. The lowest BCUT2D eigenvalue weighted by molar-refractivity contribution is -0.384. The summed E-state index contributed by atoms with van der Waals surface area (Å²) in [5.74, 6) is -0.149. The molecule has 2 aromatic carbocycles. The minimum Gasteiger partial charge on any atom is -0.482 e. The molecule has 0 aliphatic heterocycles. The number of ether oxygens (including phenoxy) is 1. The molecule has 1 N–H and O–H groups in total. The number of nitrogens with one attached hydrogen (secondary N) is 1. The van der Waals surface area contributed by atoms with Gasteiger partial charge in [0.25, 0.3) is 11.6 Å². The number of benzene rings is 2. The van der Waals surface area contributed by atoms with Crippen molar-refractivity contribution in [3.63, 3.8) is 0 Å². The molecular formula is C15H11Cl3N2O4. The van der Waals surface area contributed by atoms with E-state index in [4.69, 9.17) is 39.5 Å². The summed E-state index contributed by atoms with van der Waals surface area (Å²) in [5.41, 5.74) is 0.641. The zero-order chi connectivity index (χ0) is 17.9. The van der Waals surface area contributed by atoms with Crippen LogP contribution in [-0.2, 0) is 4.79 Å². The number of carbonyl (C=O) groups is 1. The highest BCUT2D eigenvalue weighted by Crippen LogP contribution is 2.31. The van der Waals surface area contributed by atoms with E-state index in [0.29, 0.717) is 22.0 Å². The van der Waals surface area contributed by atoms with E-state index >= 15 is 0 Å². The molecule has 0 aliphatic carbocycles. The smallest absolute Gasteiger partial charge is 0.288 e. The highest BCUT2D eigenvalue weighted by atomic mass is 35.5. The van der Waals surface area contributed by atoms with Crippen LogP contribution in [0.25, 0.3) is 0 Å². The summed E-state index contributed by atoms with van der Waals surface area (Å²) < 4.78 is 5.31. The monoisotopic (exact) mass is 388 g/mol. The van der Waals surface area contributed by atoms with E-state index in [1.807, 2.05) is 0 Å². The molecule has 0 aliphatic rings. The van der Waals surface area contributed by atoms with Crippen LogP contribution in [0.5, 0.6) is 5.75 Å². The fourth-order valence-corrected chi connectivity index (χ4v) is 2.56. The molecule has 2 aromatic rings. The predicted molar refractivity (Wildman–Crippen MR) is 93.4 cm³/mol. The Bertz CT molecular complexity index is 812. The van der Waals surface area contributed by atoms with E-state index in [9.17, 15) is 14.9 Å². The molecule has 0 atom stereocenters. The van der Waals surface area contributed by atoms with Gasteiger partial charge in [0.2, 0.25) is 0 Å². The summed E-state index contributed by atoms with van der Waals surface area (Å²) in [7, 11) is 0. The van der Waals surface area contributed by atoms with Crippen molar-refractivity contribution in [2.24, 2.45) is 0 Å². The number of carbonyl (C=O) groups excluding carboxylic acids is 1. The van der Waals surface area contributed by atoms with Gasteiger partial charge in [0.05, 0.1) is 9.95 Å². The molecule has 0 heterocycles. The highest BCUT2D eigenvalue weighted by molar-refractivity contribution is 6.35. The number of aryl methyl sites for hydroxylation is 1. The zero-order valence-electron chi connectivity index (χ0n) is 12.3. The minimum atomic E-state index is -0.591. The van der Waals surface area contributed by atoms with Crippen molar-refractivity contribution < 1.29 is 14.5 Å². The lowest BCUT2D eigenvalue weighted by Crippen LogP contribution is -2.20. The molecule has 0 radical (unpaired) electrons. The quantitative estimate of drug-likeness (QED) is 0.583.